The van der Waals surface area contributed by atoms with Gasteiger partial charge in [0.25, 0.3) is 5.91 Å². The van der Waals surface area contributed by atoms with Crippen molar-refractivity contribution in [1.29, 1.82) is 5.26 Å². The summed E-state index contributed by atoms with van der Waals surface area (Å²) < 4.78 is 43.0. The summed E-state index contributed by atoms with van der Waals surface area (Å²) in [4.78, 5) is 13.0. The number of rotatable bonds is 4. The molecule has 0 radical (unpaired) electrons. The molecule has 0 aliphatic carbocycles. The quantitative estimate of drug-likeness (QED) is 0.695. The van der Waals surface area contributed by atoms with Gasteiger partial charge in [-0.25, -0.2) is 17.5 Å². The first-order valence-electron chi connectivity index (χ1n) is 9.11. The molecule has 3 rings (SSSR count). The van der Waals surface area contributed by atoms with Gasteiger partial charge in [0.05, 0.1) is 11.7 Å². The Morgan fingerprint density at radius 2 is 2.24 bits per heavy atom. The second-order valence-electron chi connectivity index (χ2n) is 6.87. The number of hydrogen-bond acceptors (Lipinski definition) is 5. The Bertz CT molecular complexity index is 1100. The number of carbonyl (C=O) groups is 1. The summed E-state index contributed by atoms with van der Waals surface area (Å²) in [6.45, 7) is 3.64. The third-order valence-corrected chi connectivity index (χ3v) is 6.47. The lowest BCUT2D eigenvalue weighted by atomic mass is 10.0. The van der Waals surface area contributed by atoms with Crippen molar-refractivity contribution in [2.45, 2.75) is 50.3 Å². The van der Waals surface area contributed by atoms with E-state index in [9.17, 15) is 22.7 Å². The molecule has 0 saturated carbocycles. The topological polar surface area (TPSA) is 124 Å². The number of amides is 1. The lowest BCUT2D eigenvalue weighted by Gasteiger charge is -2.18. The molecule has 154 valence electrons. The third-order valence-electron chi connectivity index (χ3n) is 4.93. The van der Waals surface area contributed by atoms with E-state index in [-0.39, 0.29) is 28.3 Å². The maximum Gasteiger partial charge on any atom is 0.272 e. The first kappa shape index (κ1) is 21.0. The number of benzene rings is 1. The smallest absolute Gasteiger partial charge is 0.272 e. The van der Waals surface area contributed by atoms with Crippen LogP contribution < -0.4 is 10.0 Å². The van der Waals surface area contributed by atoms with E-state index >= 15 is 0 Å². The Morgan fingerprint density at radius 1 is 1.52 bits per heavy atom. The molecule has 2 heterocycles. The van der Waals surface area contributed by atoms with Gasteiger partial charge in [-0.05, 0) is 44.9 Å². The van der Waals surface area contributed by atoms with Gasteiger partial charge in [-0.3, -0.25) is 4.79 Å². The number of anilines is 1. The first-order chi connectivity index (χ1) is 13.7. The molecule has 0 unspecified atom stereocenters. The molecule has 2 atom stereocenters. The second-order valence-corrected chi connectivity index (χ2v) is 8.56. The van der Waals surface area contributed by atoms with Crippen LogP contribution in [0, 0.1) is 17.1 Å². The highest BCUT2D eigenvalue weighted by atomic mass is 32.2. The second kappa shape index (κ2) is 7.94. The fourth-order valence-electron chi connectivity index (χ4n) is 3.40. The van der Waals surface area contributed by atoms with Crippen LogP contribution in [0.25, 0.3) is 0 Å². The molecule has 1 aliphatic heterocycles. The summed E-state index contributed by atoms with van der Waals surface area (Å²) in [5.74, 6) is -1.26. The fourth-order valence-corrected chi connectivity index (χ4v) is 5.03. The van der Waals surface area contributed by atoms with E-state index in [1.165, 1.54) is 29.8 Å². The average Bonchev–Trinajstić information content (AvgIpc) is 3.00. The van der Waals surface area contributed by atoms with Crippen molar-refractivity contribution in [3.8, 4) is 6.07 Å². The minimum absolute atomic E-state index is 0.00414. The van der Waals surface area contributed by atoms with E-state index in [1.807, 2.05) is 0 Å². The van der Waals surface area contributed by atoms with Crippen LogP contribution in [0.2, 0.25) is 0 Å². The van der Waals surface area contributed by atoms with Crippen molar-refractivity contribution in [3.63, 3.8) is 0 Å². The number of hydrogen-bond donors (Lipinski definition) is 3. The normalized spacial score (nSPS) is 18.9. The maximum absolute atomic E-state index is 13.5. The number of aliphatic hydroxyl groups is 1. The van der Waals surface area contributed by atoms with Crippen LogP contribution in [0.1, 0.15) is 41.9 Å². The molecular formula is C19H21FN4O4S. The zero-order valence-electron chi connectivity index (χ0n) is 15.9. The average molecular weight is 420 g/mol. The Kier molecular flexibility index (Phi) is 5.75. The highest BCUT2D eigenvalue weighted by Gasteiger charge is 2.34. The molecule has 1 aromatic carbocycles. The molecule has 0 saturated heterocycles. The van der Waals surface area contributed by atoms with Crippen LogP contribution in [0.3, 0.4) is 0 Å². The summed E-state index contributed by atoms with van der Waals surface area (Å²) in [6, 6.07) is 4.67. The summed E-state index contributed by atoms with van der Waals surface area (Å²) in [6.07, 6.45) is 1.13. The number of halogens is 1. The van der Waals surface area contributed by atoms with Crippen LogP contribution in [-0.4, -0.2) is 36.1 Å². The Morgan fingerprint density at radius 3 is 2.86 bits per heavy atom. The van der Waals surface area contributed by atoms with E-state index < -0.39 is 33.9 Å². The van der Waals surface area contributed by atoms with Gasteiger partial charge in [0.15, 0.2) is 0 Å². The number of nitrogens with zero attached hydrogens (tertiary/aromatic N) is 2. The molecule has 0 spiro atoms. The monoisotopic (exact) mass is 420 g/mol. The van der Waals surface area contributed by atoms with Crippen LogP contribution in [0.4, 0.5) is 10.1 Å². The third kappa shape index (κ3) is 4.03. The van der Waals surface area contributed by atoms with Gasteiger partial charge in [0.1, 0.15) is 22.5 Å². The predicted molar refractivity (Wildman–Crippen MR) is 103 cm³/mol. The first-order valence-corrected chi connectivity index (χ1v) is 10.6. The largest absolute Gasteiger partial charge is 0.392 e. The molecule has 10 heteroatoms. The zero-order chi connectivity index (χ0) is 21.3. The minimum Gasteiger partial charge on any atom is -0.392 e. The highest BCUT2D eigenvalue weighted by molar-refractivity contribution is 7.89. The van der Waals surface area contributed by atoms with Crippen molar-refractivity contribution in [2.24, 2.45) is 0 Å². The summed E-state index contributed by atoms with van der Waals surface area (Å²) >= 11 is 0. The highest BCUT2D eigenvalue weighted by Crippen LogP contribution is 2.29. The number of carbonyl (C=O) groups excluding carboxylic acids is 1. The molecule has 0 fully saturated rings. The number of sulfonamides is 1. The van der Waals surface area contributed by atoms with Gasteiger partial charge in [0, 0.05) is 30.0 Å². The zero-order valence-corrected chi connectivity index (χ0v) is 16.8. The van der Waals surface area contributed by atoms with Gasteiger partial charge >= 0.3 is 0 Å². The van der Waals surface area contributed by atoms with Crippen LogP contribution in [0.5, 0.6) is 0 Å². The van der Waals surface area contributed by atoms with Crippen molar-refractivity contribution in [2.75, 3.05) is 5.32 Å². The van der Waals surface area contributed by atoms with Crippen molar-refractivity contribution in [1.82, 2.24) is 9.29 Å². The molecular weight excluding hydrogens is 399 g/mol. The molecule has 1 amide bonds. The fraction of sp³-hybridized carbons (Fsp3) is 0.368. The van der Waals surface area contributed by atoms with E-state index in [1.54, 1.807) is 13.0 Å². The van der Waals surface area contributed by atoms with E-state index in [0.717, 1.165) is 6.07 Å². The number of aryl methyl sites for hydroxylation is 1. The van der Waals surface area contributed by atoms with E-state index in [0.29, 0.717) is 18.5 Å². The molecule has 3 N–H and O–H groups in total. The Labute approximate surface area is 168 Å². The summed E-state index contributed by atoms with van der Waals surface area (Å²) in [5.41, 5.74) is 0.561. The van der Waals surface area contributed by atoms with Crippen LogP contribution in [0.15, 0.2) is 29.3 Å². The molecule has 1 aliphatic rings. The molecule has 2 aromatic rings. The summed E-state index contributed by atoms with van der Waals surface area (Å²) in [5, 5.41) is 21.4. The lowest BCUT2D eigenvalue weighted by molar-refractivity contribution is 0.101. The number of nitriles is 1. The number of fused-ring (bicyclic) bond motifs is 1. The van der Waals surface area contributed by atoms with Gasteiger partial charge in [0.2, 0.25) is 10.0 Å². The lowest BCUT2D eigenvalue weighted by Crippen LogP contribution is -2.40. The Balaban J connectivity index is 2.02. The van der Waals surface area contributed by atoms with Crippen LogP contribution >= 0.6 is 0 Å². The van der Waals surface area contributed by atoms with Gasteiger partial charge < -0.3 is 15.0 Å². The number of aliphatic hydroxyl groups excluding tert-OH is 1. The van der Waals surface area contributed by atoms with Gasteiger partial charge in [-0.15, -0.1) is 0 Å². The van der Waals surface area contributed by atoms with E-state index in [4.69, 9.17) is 5.26 Å². The molecule has 29 heavy (non-hydrogen) atoms. The molecule has 0 bridgehead atoms. The predicted octanol–water partition coefficient (Wildman–Crippen LogP) is 1.74. The van der Waals surface area contributed by atoms with Crippen molar-refractivity contribution in [3.05, 3.63) is 47.0 Å². The molecule has 8 nitrogen and oxygen atoms in total. The van der Waals surface area contributed by atoms with Crippen LogP contribution in [-0.2, 0) is 23.0 Å². The number of aromatic nitrogens is 1. The minimum atomic E-state index is -3.91. The Hall–Kier alpha value is -2.74. The van der Waals surface area contributed by atoms with Crippen molar-refractivity contribution >= 4 is 21.6 Å². The maximum atomic E-state index is 13.5. The molecule has 1 aromatic heterocycles. The standard InChI is InChI=1S/C19H21FN4O4S/c1-3-24-10-17-14(5-7-16(11(2)25)23-29(17,27)28)18(24)19(26)22-13-4-6-15(20)12(8-13)9-21/h4,6,8,10-11,16,23,25H,3,5,7H2,1-2H3,(H,22,26)/t11-,16+/m0/s1. The van der Waals surface area contributed by atoms with E-state index in [2.05, 4.69) is 10.0 Å². The SMILES string of the molecule is CCn1cc2c(c1C(=O)Nc1ccc(F)c(C#N)c1)CC[C@H]([C@H](C)O)NS2(=O)=O. The number of nitrogens with one attached hydrogen (secondary N) is 2. The summed E-state index contributed by atoms with van der Waals surface area (Å²) in [7, 11) is -3.91. The van der Waals surface area contributed by atoms with Crippen molar-refractivity contribution < 1.29 is 22.7 Å². The van der Waals surface area contributed by atoms with Gasteiger partial charge in [-0.2, -0.15) is 5.26 Å². The van der Waals surface area contributed by atoms with Gasteiger partial charge in [-0.1, -0.05) is 0 Å².